The Morgan fingerprint density at radius 3 is 2.55 bits per heavy atom. The summed E-state index contributed by atoms with van der Waals surface area (Å²) in [6.45, 7) is 2.50. The number of carbonyl (C=O) groups is 1. The van der Waals surface area contributed by atoms with Gasteiger partial charge in [0.2, 0.25) is 0 Å². The monoisotopic (exact) mass is 425 g/mol. The van der Waals surface area contributed by atoms with E-state index in [4.69, 9.17) is 4.74 Å². The zero-order chi connectivity index (χ0) is 15.9. The van der Waals surface area contributed by atoms with Gasteiger partial charge in [0, 0.05) is 18.0 Å². The summed E-state index contributed by atoms with van der Waals surface area (Å²) < 4.78 is 7.13. The number of halogens is 2. The third-order valence-electron chi connectivity index (χ3n) is 2.63. The number of amides is 1. The van der Waals surface area contributed by atoms with Gasteiger partial charge in [-0.1, -0.05) is 0 Å². The number of hydrazone groups is 1. The molecule has 0 fully saturated rings. The molecule has 0 aliphatic heterocycles. The summed E-state index contributed by atoms with van der Waals surface area (Å²) in [5, 5.41) is 3.95. The molecule has 7 heteroatoms. The first-order valence-electron chi connectivity index (χ1n) is 6.47. The van der Waals surface area contributed by atoms with Crippen LogP contribution in [0.25, 0.3) is 0 Å². The molecular weight excluding hydrogens is 414 g/mol. The minimum atomic E-state index is -0.289. The number of rotatable bonds is 5. The van der Waals surface area contributed by atoms with Crippen molar-refractivity contribution in [3.8, 4) is 5.75 Å². The van der Waals surface area contributed by atoms with E-state index in [0.717, 1.165) is 20.3 Å². The van der Waals surface area contributed by atoms with E-state index in [1.54, 1.807) is 30.7 Å². The van der Waals surface area contributed by atoms with Crippen LogP contribution >= 0.6 is 31.9 Å². The Morgan fingerprint density at radius 2 is 1.95 bits per heavy atom. The molecule has 0 bridgehead atoms. The van der Waals surface area contributed by atoms with Crippen LogP contribution < -0.4 is 10.2 Å². The number of ether oxygens (including phenoxy) is 1. The molecule has 1 aromatic carbocycles. The molecule has 5 nitrogen and oxygen atoms in total. The maximum absolute atomic E-state index is 11.8. The highest BCUT2D eigenvalue weighted by Gasteiger charge is 2.08. The normalized spacial score (nSPS) is 10.7. The maximum Gasteiger partial charge on any atom is 0.271 e. The molecule has 0 unspecified atom stereocenters. The molecule has 0 spiro atoms. The van der Waals surface area contributed by atoms with Crippen molar-refractivity contribution in [2.75, 3.05) is 6.61 Å². The fourth-order valence-corrected chi connectivity index (χ4v) is 3.12. The first kappa shape index (κ1) is 16.6. The summed E-state index contributed by atoms with van der Waals surface area (Å²) in [5.74, 6) is 0.447. The van der Waals surface area contributed by atoms with E-state index in [1.165, 1.54) is 0 Å². The number of pyridine rings is 1. The maximum atomic E-state index is 11.8. The van der Waals surface area contributed by atoms with Gasteiger partial charge in [0.25, 0.3) is 5.91 Å². The van der Waals surface area contributed by atoms with Gasteiger partial charge in [-0.15, -0.1) is 0 Å². The molecule has 0 aliphatic rings. The lowest BCUT2D eigenvalue weighted by Gasteiger charge is -2.09. The van der Waals surface area contributed by atoms with Crippen molar-refractivity contribution in [2.24, 2.45) is 5.10 Å². The number of nitrogens with one attached hydrogen (secondary N) is 1. The minimum Gasteiger partial charge on any atom is -0.492 e. The number of hydrogen-bond acceptors (Lipinski definition) is 4. The fourth-order valence-electron chi connectivity index (χ4n) is 1.67. The fraction of sp³-hybridized carbons (Fsp3) is 0.133. The van der Waals surface area contributed by atoms with Gasteiger partial charge >= 0.3 is 0 Å². The van der Waals surface area contributed by atoms with Gasteiger partial charge in [-0.25, -0.2) is 5.43 Å². The smallest absolute Gasteiger partial charge is 0.271 e. The van der Waals surface area contributed by atoms with Crippen LogP contribution in [0.1, 0.15) is 22.8 Å². The SMILES string of the molecule is CCOc1c(Br)cc(/C=N\NC(=O)c2ccncc2)cc1Br. The summed E-state index contributed by atoms with van der Waals surface area (Å²) in [4.78, 5) is 15.7. The summed E-state index contributed by atoms with van der Waals surface area (Å²) in [6, 6.07) is 6.96. The second kappa shape index (κ2) is 8.05. The lowest BCUT2D eigenvalue weighted by atomic mass is 10.2. The van der Waals surface area contributed by atoms with Gasteiger partial charge in [-0.2, -0.15) is 5.10 Å². The van der Waals surface area contributed by atoms with Crippen molar-refractivity contribution < 1.29 is 9.53 Å². The molecule has 0 aliphatic carbocycles. The van der Waals surface area contributed by atoms with E-state index in [1.807, 2.05) is 19.1 Å². The van der Waals surface area contributed by atoms with Crippen molar-refractivity contribution in [3.05, 3.63) is 56.7 Å². The molecule has 0 saturated heterocycles. The number of nitrogens with zero attached hydrogens (tertiary/aromatic N) is 2. The molecule has 1 N–H and O–H groups in total. The van der Waals surface area contributed by atoms with Gasteiger partial charge in [0.1, 0.15) is 5.75 Å². The van der Waals surface area contributed by atoms with E-state index in [2.05, 4.69) is 47.4 Å². The molecule has 1 heterocycles. The lowest BCUT2D eigenvalue weighted by molar-refractivity contribution is 0.0955. The number of hydrogen-bond donors (Lipinski definition) is 1. The van der Waals surface area contributed by atoms with Gasteiger partial charge < -0.3 is 4.74 Å². The van der Waals surface area contributed by atoms with Crippen LogP contribution in [0.5, 0.6) is 5.75 Å². The number of carbonyl (C=O) groups excluding carboxylic acids is 1. The highest BCUT2D eigenvalue weighted by Crippen LogP contribution is 2.34. The molecule has 0 atom stereocenters. The van der Waals surface area contributed by atoms with Gasteiger partial charge in [0.15, 0.2) is 0 Å². The van der Waals surface area contributed by atoms with Crippen LogP contribution in [0.15, 0.2) is 50.7 Å². The Balaban J connectivity index is 2.06. The zero-order valence-electron chi connectivity index (χ0n) is 11.7. The van der Waals surface area contributed by atoms with Crippen LogP contribution in [0, 0.1) is 0 Å². The summed E-state index contributed by atoms with van der Waals surface area (Å²) in [5.41, 5.74) is 3.78. The van der Waals surface area contributed by atoms with Crippen LogP contribution in [0.3, 0.4) is 0 Å². The van der Waals surface area contributed by atoms with E-state index < -0.39 is 0 Å². The Morgan fingerprint density at radius 1 is 1.32 bits per heavy atom. The third kappa shape index (κ3) is 4.38. The van der Waals surface area contributed by atoms with Crippen LogP contribution in [0.2, 0.25) is 0 Å². The zero-order valence-corrected chi connectivity index (χ0v) is 14.9. The summed E-state index contributed by atoms with van der Waals surface area (Å²) >= 11 is 6.89. The van der Waals surface area contributed by atoms with Crippen molar-refractivity contribution in [2.45, 2.75) is 6.92 Å². The molecule has 1 amide bonds. The molecule has 0 radical (unpaired) electrons. The Hall–Kier alpha value is -1.73. The largest absolute Gasteiger partial charge is 0.492 e. The van der Waals surface area contributed by atoms with E-state index >= 15 is 0 Å². The molecule has 0 saturated carbocycles. The average Bonchev–Trinajstić information content (AvgIpc) is 2.51. The van der Waals surface area contributed by atoms with E-state index in [9.17, 15) is 4.79 Å². The number of benzene rings is 1. The topological polar surface area (TPSA) is 63.6 Å². The average molecular weight is 427 g/mol. The standard InChI is InChI=1S/C15H13Br2N3O2/c1-2-22-14-12(16)7-10(8-13(14)17)9-19-20-15(21)11-3-5-18-6-4-11/h3-9H,2H2,1H3,(H,20,21)/b19-9-. The molecule has 1 aromatic heterocycles. The van der Waals surface area contributed by atoms with Gasteiger partial charge in [0.05, 0.1) is 21.8 Å². The van der Waals surface area contributed by atoms with Gasteiger partial charge in [-0.3, -0.25) is 9.78 Å². The quantitative estimate of drug-likeness (QED) is 0.584. The molecule has 2 aromatic rings. The Kier molecular flexibility index (Phi) is 6.09. The third-order valence-corrected chi connectivity index (χ3v) is 3.81. The molecular formula is C15H13Br2N3O2. The minimum absolute atomic E-state index is 0.289. The molecule has 22 heavy (non-hydrogen) atoms. The second-order valence-corrected chi connectivity index (χ2v) is 5.89. The highest BCUT2D eigenvalue weighted by molar-refractivity contribution is 9.11. The van der Waals surface area contributed by atoms with Crippen LogP contribution in [-0.4, -0.2) is 23.7 Å². The van der Waals surface area contributed by atoms with Crippen molar-refractivity contribution in [1.29, 1.82) is 0 Å². The van der Waals surface area contributed by atoms with Crippen molar-refractivity contribution >= 4 is 44.0 Å². The van der Waals surface area contributed by atoms with E-state index in [-0.39, 0.29) is 5.91 Å². The highest BCUT2D eigenvalue weighted by atomic mass is 79.9. The first-order valence-corrected chi connectivity index (χ1v) is 8.05. The molecule has 114 valence electrons. The Labute approximate surface area is 145 Å². The summed E-state index contributed by atoms with van der Waals surface area (Å²) in [6.07, 6.45) is 4.67. The van der Waals surface area contributed by atoms with Crippen LogP contribution in [0.4, 0.5) is 0 Å². The number of aromatic nitrogens is 1. The predicted octanol–water partition coefficient (Wildman–Crippen LogP) is 3.77. The lowest BCUT2D eigenvalue weighted by Crippen LogP contribution is -2.17. The van der Waals surface area contributed by atoms with Crippen LogP contribution in [-0.2, 0) is 0 Å². The first-order chi connectivity index (χ1) is 10.6. The van der Waals surface area contributed by atoms with Crippen molar-refractivity contribution in [3.63, 3.8) is 0 Å². The Bertz CT molecular complexity index is 667. The summed E-state index contributed by atoms with van der Waals surface area (Å²) in [7, 11) is 0. The predicted molar refractivity (Wildman–Crippen MR) is 92.3 cm³/mol. The van der Waals surface area contributed by atoms with Crippen molar-refractivity contribution in [1.82, 2.24) is 10.4 Å². The molecule has 2 rings (SSSR count). The van der Waals surface area contributed by atoms with E-state index in [0.29, 0.717) is 12.2 Å². The second-order valence-electron chi connectivity index (χ2n) is 4.18. The van der Waals surface area contributed by atoms with Gasteiger partial charge in [-0.05, 0) is 68.6 Å².